The second-order valence-corrected chi connectivity index (χ2v) is 4.44. The Balaban J connectivity index is 2.07. The molecular formula is C10H12FN5O4. The van der Waals surface area contributed by atoms with E-state index < -0.39 is 31.0 Å². The van der Waals surface area contributed by atoms with Gasteiger partial charge in [0.1, 0.15) is 30.7 Å². The van der Waals surface area contributed by atoms with E-state index in [9.17, 15) is 14.7 Å². The molecule has 0 aliphatic carbocycles. The van der Waals surface area contributed by atoms with Crippen LogP contribution in [-0.2, 0) is 4.74 Å². The molecule has 10 heteroatoms. The molecule has 9 nitrogen and oxygen atoms in total. The van der Waals surface area contributed by atoms with Crippen LogP contribution in [0.5, 0.6) is 0 Å². The lowest BCUT2D eigenvalue weighted by Gasteiger charge is -2.17. The summed E-state index contributed by atoms with van der Waals surface area (Å²) in [4.78, 5) is 11.4. The molecule has 0 aromatic carbocycles. The van der Waals surface area contributed by atoms with Crippen LogP contribution < -0.4 is 5.73 Å². The Labute approximate surface area is 111 Å². The highest BCUT2D eigenvalue weighted by Crippen LogP contribution is 2.35. The third-order valence-electron chi connectivity index (χ3n) is 3.24. The first kappa shape index (κ1) is 13.1. The molecule has 0 aromatic rings. The molecule has 20 heavy (non-hydrogen) atoms. The fraction of sp³-hybridized carbons (Fsp3) is 0.500. The molecule has 3 heterocycles. The zero-order chi connectivity index (χ0) is 14.4. The fourth-order valence-electron chi connectivity index (χ4n) is 2.20. The molecule has 1 fully saturated rings. The van der Waals surface area contributed by atoms with Crippen molar-refractivity contribution in [3.63, 3.8) is 0 Å². The number of aliphatic hydroxyl groups is 3. The van der Waals surface area contributed by atoms with Crippen molar-refractivity contribution >= 4 is 5.82 Å². The van der Waals surface area contributed by atoms with E-state index >= 15 is 0 Å². The van der Waals surface area contributed by atoms with Crippen LogP contribution in [-0.4, -0.2) is 60.0 Å². The van der Waals surface area contributed by atoms with Gasteiger partial charge in [0.05, 0.1) is 6.61 Å². The number of nitrogen functional groups attached to an aromatic ring is 1. The Morgan fingerprint density at radius 2 is 2.10 bits per heavy atom. The van der Waals surface area contributed by atoms with Gasteiger partial charge in [0.2, 0.25) is 0 Å². The average molecular weight is 285 g/mol. The highest BCUT2D eigenvalue weighted by molar-refractivity contribution is 5.65. The minimum atomic E-state index is -1.44. The molecule has 3 aliphatic heterocycles. The monoisotopic (exact) mass is 285 g/mol. The first-order chi connectivity index (χ1) is 9.54. The number of hydrogen-bond donors (Lipinski definition) is 4. The third kappa shape index (κ3) is 1.73. The minimum absolute atomic E-state index is 0.0702. The Morgan fingerprint density at radius 1 is 1.35 bits per heavy atom. The Bertz CT molecular complexity index is 608. The van der Waals surface area contributed by atoms with Crippen molar-refractivity contribution in [2.45, 2.75) is 24.4 Å². The number of nitrogens with two attached hydrogens (primary N) is 1. The number of imidazole rings is 1. The van der Waals surface area contributed by atoms with Crippen molar-refractivity contribution in [1.82, 2.24) is 19.7 Å². The number of rotatable bonds is 2. The number of halogens is 1. The average Bonchev–Trinajstić information content (AvgIpc) is 3.02. The molecule has 0 radical (unpaired) electrons. The van der Waals surface area contributed by atoms with E-state index in [4.69, 9.17) is 15.6 Å². The lowest BCUT2D eigenvalue weighted by Crippen LogP contribution is -2.32. The quantitative estimate of drug-likeness (QED) is 0.509. The molecular weight excluding hydrogens is 273 g/mol. The summed E-state index contributed by atoms with van der Waals surface area (Å²) in [6.07, 6.45) is -3.97. The Kier molecular flexibility index (Phi) is 3.01. The van der Waals surface area contributed by atoms with Gasteiger partial charge in [-0.15, -0.1) is 4.79 Å². The lowest BCUT2D eigenvalue weighted by atomic mass is 10.1. The van der Waals surface area contributed by atoms with Crippen molar-refractivity contribution in [3.8, 4) is 11.5 Å². The normalized spacial score (nSPS) is 30.2. The first-order valence-electron chi connectivity index (χ1n) is 5.82. The van der Waals surface area contributed by atoms with Gasteiger partial charge in [0.15, 0.2) is 23.2 Å². The summed E-state index contributed by atoms with van der Waals surface area (Å²) in [5.74, 6) is -0.581. The second kappa shape index (κ2) is 4.59. The van der Waals surface area contributed by atoms with Gasteiger partial charge in [-0.05, 0) is 0 Å². The molecule has 5 N–H and O–H groups in total. The molecule has 0 aromatic heterocycles. The van der Waals surface area contributed by atoms with E-state index in [1.165, 1.54) is 0 Å². The number of ether oxygens (including phenoxy) is 1. The highest BCUT2D eigenvalue weighted by atomic mass is 19.2. The summed E-state index contributed by atoms with van der Waals surface area (Å²) >= 11 is 0. The van der Waals surface area contributed by atoms with E-state index in [1.807, 2.05) is 0 Å². The third-order valence-corrected chi connectivity index (χ3v) is 3.24. The molecule has 1 unspecified atom stereocenters. The largest absolute Gasteiger partial charge is 0.394 e. The lowest BCUT2D eigenvalue weighted by molar-refractivity contribution is -0.0287. The maximum absolute atomic E-state index is 14.2. The van der Waals surface area contributed by atoms with Crippen molar-refractivity contribution in [1.29, 1.82) is 0 Å². The Hall–Kier alpha value is -1.88. The zero-order valence-corrected chi connectivity index (χ0v) is 10.1. The van der Waals surface area contributed by atoms with Crippen LogP contribution in [0.2, 0.25) is 0 Å². The number of aromatic nitrogens is 4. The van der Waals surface area contributed by atoms with Gasteiger partial charge < -0.3 is 25.8 Å². The van der Waals surface area contributed by atoms with Crippen LogP contribution in [0.25, 0.3) is 11.5 Å². The van der Waals surface area contributed by atoms with Gasteiger partial charge in [0, 0.05) is 0 Å². The minimum Gasteiger partial charge on any atom is -0.394 e. The van der Waals surface area contributed by atoms with Gasteiger partial charge in [-0.25, -0.2) is 15.0 Å². The van der Waals surface area contributed by atoms with Crippen molar-refractivity contribution < 1.29 is 24.5 Å². The highest BCUT2D eigenvalue weighted by Gasteiger charge is 2.45. The number of aliphatic hydroxyl groups excluding tert-OH is 3. The first-order valence-corrected chi connectivity index (χ1v) is 5.82. The van der Waals surface area contributed by atoms with Gasteiger partial charge >= 0.3 is 0 Å². The Morgan fingerprint density at radius 3 is 2.75 bits per heavy atom. The smallest absolute Gasteiger partial charge is 0.196 e. The summed E-state index contributed by atoms with van der Waals surface area (Å²) < 4.78 is 19.4. The maximum Gasteiger partial charge on any atom is 0.196 e. The maximum atomic E-state index is 14.2. The molecule has 3 rings (SSSR count). The van der Waals surface area contributed by atoms with E-state index in [0.717, 1.165) is 6.33 Å². The number of fused-ring (bicyclic) bond motifs is 1. The predicted octanol–water partition coefficient (Wildman–Crippen LogP) is -1.75. The van der Waals surface area contributed by atoms with Crippen LogP contribution in [0.15, 0.2) is 6.33 Å². The standard InChI is InChI=1S/C10H12FN5O4/c11-16-9-4(13-2-14-9)8(12)15-10(16)7-6(19)5(18)3(1-17)20-7/h2-3,5-7,17-19H,1,12H2/t3-,5-,6+,7?/m1/s1. The summed E-state index contributed by atoms with van der Waals surface area (Å²) in [5, 5.41) is 28.6. The van der Waals surface area contributed by atoms with Gasteiger partial charge in [-0.3, -0.25) is 0 Å². The van der Waals surface area contributed by atoms with Gasteiger partial charge in [0.25, 0.3) is 0 Å². The molecule has 108 valence electrons. The van der Waals surface area contributed by atoms with E-state index in [2.05, 4.69) is 15.0 Å². The molecule has 3 aliphatic rings. The SMILES string of the molecule is Nc1nc(C2O[C@H](CO)[C@@H](O)[C@@H]2O)n(F)c2ncnc1-2. The van der Waals surface area contributed by atoms with E-state index in [0.29, 0.717) is 0 Å². The van der Waals surface area contributed by atoms with Crippen LogP contribution in [0.3, 0.4) is 0 Å². The van der Waals surface area contributed by atoms with Gasteiger partial charge in [-0.1, -0.05) is 4.48 Å². The van der Waals surface area contributed by atoms with Crippen molar-refractivity contribution in [3.05, 3.63) is 12.2 Å². The van der Waals surface area contributed by atoms with E-state index in [-0.39, 0.29) is 27.9 Å². The second-order valence-electron chi connectivity index (χ2n) is 4.44. The summed E-state index contributed by atoms with van der Waals surface area (Å²) in [6.45, 7) is -0.519. The molecule has 0 bridgehead atoms. The fourth-order valence-corrected chi connectivity index (χ4v) is 2.20. The molecule has 0 amide bonds. The van der Waals surface area contributed by atoms with Crippen molar-refractivity contribution in [2.75, 3.05) is 12.3 Å². The van der Waals surface area contributed by atoms with E-state index in [1.54, 1.807) is 0 Å². The number of nitrogens with zero attached hydrogens (tertiary/aromatic N) is 4. The van der Waals surface area contributed by atoms with Crippen LogP contribution >= 0.6 is 0 Å². The molecule has 4 atom stereocenters. The molecule has 1 saturated heterocycles. The van der Waals surface area contributed by atoms with Crippen LogP contribution in [0, 0.1) is 0 Å². The van der Waals surface area contributed by atoms with Gasteiger partial charge in [-0.2, -0.15) is 0 Å². The molecule has 0 spiro atoms. The summed E-state index contributed by atoms with van der Waals surface area (Å²) in [5.41, 5.74) is 5.73. The number of hydrogen-bond acceptors (Lipinski definition) is 8. The summed E-state index contributed by atoms with van der Waals surface area (Å²) in [7, 11) is 0. The number of anilines is 1. The topological polar surface area (TPSA) is 140 Å². The predicted molar refractivity (Wildman–Crippen MR) is 62.1 cm³/mol. The van der Waals surface area contributed by atoms with Crippen LogP contribution in [0.4, 0.5) is 10.3 Å². The van der Waals surface area contributed by atoms with Crippen LogP contribution in [0.1, 0.15) is 11.9 Å². The zero-order valence-electron chi connectivity index (χ0n) is 10.1. The molecule has 0 saturated carbocycles. The van der Waals surface area contributed by atoms with Crippen molar-refractivity contribution in [2.24, 2.45) is 0 Å². The summed E-state index contributed by atoms with van der Waals surface area (Å²) in [6, 6.07) is 0.